The molecular weight excluding hydrogens is 416 g/mol. The number of hydrogen-bond acceptors (Lipinski definition) is 8. The van der Waals surface area contributed by atoms with Gasteiger partial charge < -0.3 is 24.8 Å². The van der Waals surface area contributed by atoms with E-state index in [1.165, 1.54) is 16.7 Å². The average Bonchev–Trinajstić information content (AvgIpc) is 3.15. The second kappa shape index (κ2) is 8.61. The van der Waals surface area contributed by atoms with Crippen LogP contribution in [0.4, 0.5) is 0 Å². The summed E-state index contributed by atoms with van der Waals surface area (Å²) in [5.41, 5.74) is 0.171. The third-order valence-electron chi connectivity index (χ3n) is 5.43. The molecule has 0 spiro atoms. The predicted molar refractivity (Wildman–Crippen MR) is 110 cm³/mol. The summed E-state index contributed by atoms with van der Waals surface area (Å²) >= 11 is 6.82. The zero-order valence-electron chi connectivity index (χ0n) is 16.8. The predicted octanol–water partition coefficient (Wildman–Crippen LogP) is 1.18. The van der Waals surface area contributed by atoms with Gasteiger partial charge >= 0.3 is 11.9 Å². The third-order valence-corrected chi connectivity index (χ3v) is 7.58. The van der Waals surface area contributed by atoms with Gasteiger partial charge in [0.1, 0.15) is 5.70 Å². The summed E-state index contributed by atoms with van der Waals surface area (Å²) in [6.45, 7) is 7.13. The van der Waals surface area contributed by atoms with E-state index in [0.717, 1.165) is 22.9 Å². The number of aliphatic hydroxyl groups is 1. The van der Waals surface area contributed by atoms with Crippen LogP contribution in [0.5, 0.6) is 0 Å². The number of fused-ring (bicyclic) bond motifs is 1. The van der Waals surface area contributed by atoms with Crippen LogP contribution in [0.25, 0.3) is 0 Å². The van der Waals surface area contributed by atoms with E-state index in [0.29, 0.717) is 0 Å². The van der Waals surface area contributed by atoms with Crippen LogP contribution in [0, 0.1) is 17.8 Å². The SMILES string of the molecule is CC(C)C(=O)OCOC(=O)C1=C(S[C@H]2CCNC2=S)[C@H](C)[C@@H]2[C@@H]([C@@H](C)O)C(=O)N12. The Morgan fingerprint density at radius 1 is 1.34 bits per heavy atom. The number of thioether (sulfide) groups is 1. The van der Waals surface area contributed by atoms with Crippen molar-refractivity contribution in [1.82, 2.24) is 10.2 Å². The second-order valence-corrected chi connectivity index (χ2v) is 9.51. The van der Waals surface area contributed by atoms with Crippen LogP contribution < -0.4 is 5.32 Å². The standard InChI is InChI=1S/C19H26N2O6S2/c1-8(2)18(24)26-7-27-19(25)14-15(29-11-5-6-20-16(11)28)9(3)13-12(10(4)22)17(23)21(13)14/h8-13,22H,5-7H2,1-4H3,(H,20,28)/t9-,10-,11+,12-,13-/m1/s1. The van der Waals surface area contributed by atoms with Crippen molar-refractivity contribution >= 4 is 46.8 Å². The van der Waals surface area contributed by atoms with Crippen molar-refractivity contribution < 1.29 is 29.0 Å². The molecule has 3 aliphatic rings. The molecule has 0 radical (unpaired) electrons. The molecule has 5 atom stereocenters. The molecule has 10 heteroatoms. The molecule has 8 nitrogen and oxygen atoms in total. The first-order chi connectivity index (χ1) is 13.6. The number of nitrogens with one attached hydrogen (secondary N) is 1. The number of nitrogens with zero attached hydrogens (tertiary/aromatic N) is 1. The van der Waals surface area contributed by atoms with Gasteiger partial charge in [0.2, 0.25) is 12.7 Å². The number of amides is 1. The summed E-state index contributed by atoms with van der Waals surface area (Å²) in [5.74, 6) is -2.52. The Hall–Kier alpha value is -1.65. The number of rotatable bonds is 7. The van der Waals surface area contributed by atoms with Gasteiger partial charge in [-0.25, -0.2) is 4.79 Å². The molecule has 2 fully saturated rings. The van der Waals surface area contributed by atoms with E-state index in [4.69, 9.17) is 21.7 Å². The van der Waals surface area contributed by atoms with Crippen LogP contribution in [0.15, 0.2) is 10.6 Å². The molecule has 0 aromatic rings. The molecule has 3 heterocycles. The van der Waals surface area contributed by atoms with E-state index in [9.17, 15) is 19.5 Å². The van der Waals surface area contributed by atoms with Crippen LogP contribution in [0.3, 0.4) is 0 Å². The van der Waals surface area contributed by atoms with Crippen LogP contribution in [0.2, 0.25) is 0 Å². The highest BCUT2D eigenvalue weighted by Crippen LogP contribution is 2.52. The summed E-state index contributed by atoms with van der Waals surface area (Å²) in [5, 5.41) is 13.2. The lowest BCUT2D eigenvalue weighted by atomic mass is 9.79. The molecule has 0 aromatic carbocycles. The molecule has 29 heavy (non-hydrogen) atoms. The number of carbonyl (C=O) groups excluding carboxylic acids is 3. The smallest absolute Gasteiger partial charge is 0.358 e. The Labute approximate surface area is 179 Å². The third kappa shape index (κ3) is 4.02. The van der Waals surface area contributed by atoms with Gasteiger partial charge in [0.25, 0.3) is 0 Å². The van der Waals surface area contributed by atoms with Gasteiger partial charge in [-0.2, -0.15) is 0 Å². The normalized spacial score (nSPS) is 29.5. The van der Waals surface area contributed by atoms with Crippen molar-refractivity contribution in [3.63, 3.8) is 0 Å². The van der Waals surface area contributed by atoms with Gasteiger partial charge in [0.05, 0.1) is 34.2 Å². The molecule has 3 aliphatic heterocycles. The van der Waals surface area contributed by atoms with Crippen LogP contribution in [-0.2, 0) is 23.9 Å². The van der Waals surface area contributed by atoms with Crippen LogP contribution in [-0.4, -0.2) is 63.6 Å². The van der Waals surface area contributed by atoms with E-state index in [2.05, 4.69) is 5.32 Å². The van der Waals surface area contributed by atoms with Gasteiger partial charge in [0.15, 0.2) is 0 Å². The van der Waals surface area contributed by atoms with Crippen molar-refractivity contribution in [3.8, 4) is 0 Å². The van der Waals surface area contributed by atoms with E-state index in [-0.39, 0.29) is 34.7 Å². The number of carbonyl (C=O) groups is 3. The molecular formula is C19H26N2O6S2. The second-order valence-electron chi connectivity index (χ2n) is 7.82. The van der Waals surface area contributed by atoms with Crippen molar-refractivity contribution in [1.29, 1.82) is 0 Å². The highest BCUT2D eigenvalue weighted by Gasteiger charge is 2.60. The van der Waals surface area contributed by atoms with Gasteiger partial charge in [0, 0.05) is 17.4 Å². The Balaban J connectivity index is 1.81. The number of β-lactam (4-membered cyclic amide) rings is 1. The van der Waals surface area contributed by atoms with E-state index in [1.54, 1.807) is 20.8 Å². The molecule has 0 bridgehead atoms. The fourth-order valence-electron chi connectivity index (χ4n) is 3.88. The van der Waals surface area contributed by atoms with E-state index < -0.39 is 30.8 Å². The number of ether oxygens (including phenoxy) is 2. The summed E-state index contributed by atoms with van der Waals surface area (Å²) in [6.07, 6.45) is 0.0148. The molecule has 0 unspecified atom stereocenters. The van der Waals surface area contributed by atoms with Gasteiger partial charge in [-0.3, -0.25) is 9.59 Å². The summed E-state index contributed by atoms with van der Waals surface area (Å²) in [7, 11) is 0. The van der Waals surface area contributed by atoms with E-state index >= 15 is 0 Å². The zero-order valence-corrected chi connectivity index (χ0v) is 18.5. The van der Waals surface area contributed by atoms with Crippen molar-refractivity contribution in [2.75, 3.05) is 13.3 Å². The highest BCUT2D eigenvalue weighted by molar-refractivity contribution is 8.05. The minimum Gasteiger partial charge on any atom is -0.428 e. The monoisotopic (exact) mass is 442 g/mol. The molecule has 0 aliphatic carbocycles. The average molecular weight is 443 g/mol. The molecule has 0 aromatic heterocycles. The number of hydrogen-bond donors (Lipinski definition) is 2. The molecule has 2 N–H and O–H groups in total. The fourth-order valence-corrected chi connectivity index (χ4v) is 5.63. The first-order valence-electron chi connectivity index (χ1n) is 9.68. The van der Waals surface area contributed by atoms with Gasteiger partial charge in [-0.15, -0.1) is 11.8 Å². The van der Waals surface area contributed by atoms with Crippen LogP contribution in [0.1, 0.15) is 34.1 Å². The van der Waals surface area contributed by atoms with Crippen LogP contribution >= 0.6 is 24.0 Å². The van der Waals surface area contributed by atoms with Gasteiger partial charge in [-0.05, 0) is 13.3 Å². The van der Waals surface area contributed by atoms with Crippen molar-refractivity contribution in [3.05, 3.63) is 10.6 Å². The van der Waals surface area contributed by atoms with Crippen molar-refractivity contribution in [2.45, 2.75) is 51.5 Å². The molecule has 0 saturated carbocycles. The maximum absolute atomic E-state index is 12.8. The number of thiocarbonyl (C=S) groups is 1. The Morgan fingerprint density at radius 3 is 2.59 bits per heavy atom. The fraction of sp³-hybridized carbons (Fsp3) is 0.684. The minimum absolute atomic E-state index is 0.0165. The Bertz CT molecular complexity index is 766. The highest BCUT2D eigenvalue weighted by atomic mass is 32.2. The van der Waals surface area contributed by atoms with E-state index in [1.807, 2.05) is 6.92 Å². The molecule has 2 saturated heterocycles. The Kier molecular flexibility index (Phi) is 6.54. The molecule has 1 amide bonds. The lowest BCUT2D eigenvalue weighted by Crippen LogP contribution is -2.63. The zero-order chi connectivity index (χ0) is 21.5. The quantitative estimate of drug-likeness (QED) is 0.260. The lowest BCUT2D eigenvalue weighted by molar-refractivity contribution is -0.173. The molecule has 160 valence electrons. The first kappa shape index (κ1) is 22.0. The maximum atomic E-state index is 12.8. The van der Waals surface area contributed by atoms with Gasteiger partial charge in [-0.1, -0.05) is 33.0 Å². The summed E-state index contributed by atoms with van der Waals surface area (Å²) in [6, 6.07) is -0.298. The van der Waals surface area contributed by atoms with Crippen molar-refractivity contribution in [2.24, 2.45) is 17.8 Å². The Morgan fingerprint density at radius 2 is 2.03 bits per heavy atom. The topological polar surface area (TPSA) is 105 Å². The minimum atomic E-state index is -0.811. The molecule has 3 rings (SSSR count). The number of aliphatic hydroxyl groups excluding tert-OH is 1. The first-order valence-corrected chi connectivity index (χ1v) is 11.0. The largest absolute Gasteiger partial charge is 0.428 e. The maximum Gasteiger partial charge on any atom is 0.358 e. The summed E-state index contributed by atoms with van der Waals surface area (Å²) < 4.78 is 10.1. The lowest BCUT2D eigenvalue weighted by Gasteiger charge is -2.46. The number of esters is 2. The summed E-state index contributed by atoms with van der Waals surface area (Å²) in [4.78, 5) is 39.9.